The summed E-state index contributed by atoms with van der Waals surface area (Å²) in [6.45, 7) is 6.97. The van der Waals surface area contributed by atoms with Gasteiger partial charge in [-0.3, -0.25) is 0 Å². The molecule has 27 heavy (non-hydrogen) atoms. The highest BCUT2D eigenvalue weighted by Gasteiger charge is 2.08. The topological polar surface area (TPSA) is 0 Å². The summed E-state index contributed by atoms with van der Waals surface area (Å²) >= 11 is 0. The lowest BCUT2D eigenvalue weighted by molar-refractivity contribution is 0.368. The van der Waals surface area contributed by atoms with Gasteiger partial charge in [-0.15, -0.1) is 0 Å². The van der Waals surface area contributed by atoms with Crippen LogP contribution in [-0.4, -0.2) is 0 Å². The zero-order chi connectivity index (χ0) is 19.8. The van der Waals surface area contributed by atoms with Crippen molar-refractivity contribution in [3.05, 3.63) is 0 Å². The van der Waals surface area contributed by atoms with Gasteiger partial charge < -0.3 is 0 Å². The van der Waals surface area contributed by atoms with Crippen LogP contribution >= 0.6 is 0 Å². The predicted molar refractivity (Wildman–Crippen MR) is 127 cm³/mol. The number of unbranched alkanes of at least 4 members (excludes halogenated alkanes) is 17. The molecular formula is C27H56. The molecule has 0 heterocycles. The van der Waals surface area contributed by atoms with Crippen LogP contribution in [0, 0.1) is 5.92 Å². The van der Waals surface area contributed by atoms with Gasteiger partial charge in [-0.2, -0.15) is 0 Å². The lowest BCUT2D eigenvalue weighted by Crippen LogP contribution is -2.01. The Labute approximate surface area is 174 Å². The highest BCUT2D eigenvalue weighted by Crippen LogP contribution is 2.24. The van der Waals surface area contributed by atoms with E-state index in [4.69, 9.17) is 0 Å². The first-order valence-corrected chi connectivity index (χ1v) is 13.3. The van der Waals surface area contributed by atoms with E-state index < -0.39 is 0 Å². The summed E-state index contributed by atoms with van der Waals surface area (Å²) in [6, 6.07) is 0. The fraction of sp³-hybridized carbons (Fsp3) is 1.00. The maximum absolute atomic E-state index is 2.34. The van der Waals surface area contributed by atoms with Gasteiger partial charge in [0.25, 0.3) is 0 Å². The van der Waals surface area contributed by atoms with E-state index in [1.807, 2.05) is 0 Å². The minimum atomic E-state index is 1.04. The maximum Gasteiger partial charge on any atom is -0.0414 e. The van der Waals surface area contributed by atoms with Gasteiger partial charge in [0.05, 0.1) is 0 Å². The van der Waals surface area contributed by atoms with Crippen LogP contribution < -0.4 is 0 Å². The first-order chi connectivity index (χ1) is 13.3. The summed E-state index contributed by atoms with van der Waals surface area (Å²) in [7, 11) is 0. The Morgan fingerprint density at radius 3 is 0.889 bits per heavy atom. The second-order valence-corrected chi connectivity index (χ2v) is 9.24. The van der Waals surface area contributed by atoms with Crippen molar-refractivity contribution in [2.45, 2.75) is 168 Å². The molecule has 0 aromatic heterocycles. The molecule has 0 radical (unpaired) electrons. The first-order valence-electron chi connectivity index (χ1n) is 13.3. The van der Waals surface area contributed by atoms with Crippen LogP contribution in [-0.2, 0) is 0 Å². The maximum atomic E-state index is 2.34. The summed E-state index contributed by atoms with van der Waals surface area (Å²) in [5, 5.41) is 0. The molecule has 0 nitrogen and oxygen atoms in total. The smallest absolute Gasteiger partial charge is 0.0414 e. The van der Waals surface area contributed by atoms with Crippen molar-refractivity contribution < 1.29 is 0 Å². The van der Waals surface area contributed by atoms with Crippen LogP contribution in [0.2, 0.25) is 0 Å². The normalized spacial score (nSPS) is 12.6. The fourth-order valence-electron chi connectivity index (χ4n) is 4.43. The van der Waals surface area contributed by atoms with Crippen molar-refractivity contribution in [3.63, 3.8) is 0 Å². The van der Waals surface area contributed by atoms with Crippen LogP contribution in [0.5, 0.6) is 0 Å². The Bertz CT molecular complexity index is 244. The van der Waals surface area contributed by atoms with Crippen molar-refractivity contribution in [3.8, 4) is 0 Å². The average molecular weight is 381 g/mol. The van der Waals surface area contributed by atoms with Crippen molar-refractivity contribution in [2.75, 3.05) is 0 Å². The molecule has 0 aliphatic rings. The molecule has 164 valence electrons. The summed E-state index contributed by atoms with van der Waals surface area (Å²) < 4.78 is 0. The minimum Gasteiger partial charge on any atom is -0.0654 e. The quantitative estimate of drug-likeness (QED) is 0.155. The zero-order valence-corrected chi connectivity index (χ0v) is 19.8. The highest BCUT2D eigenvalue weighted by atomic mass is 14.1. The van der Waals surface area contributed by atoms with Gasteiger partial charge in [0.15, 0.2) is 0 Å². The standard InChI is InChI=1S/C27H56/c1-4-7-10-12-13-14-15-16-17-18-19-20-23-26-27(24-21-9-6-3)25-22-11-8-5-2/h27H,4-26H2,1-3H3. The molecule has 0 spiro atoms. The number of rotatable bonds is 23. The van der Waals surface area contributed by atoms with Gasteiger partial charge in [-0.25, -0.2) is 0 Å². The van der Waals surface area contributed by atoms with Crippen molar-refractivity contribution in [2.24, 2.45) is 5.92 Å². The third-order valence-electron chi connectivity index (χ3n) is 6.40. The molecule has 0 N–H and O–H groups in total. The molecule has 1 unspecified atom stereocenters. The molecule has 0 fully saturated rings. The Kier molecular flexibility index (Phi) is 24.0. The van der Waals surface area contributed by atoms with Crippen LogP contribution in [0.3, 0.4) is 0 Å². The first kappa shape index (κ1) is 27.0. The summed E-state index contributed by atoms with van der Waals surface area (Å²) in [5.41, 5.74) is 0. The van der Waals surface area contributed by atoms with E-state index in [1.54, 1.807) is 0 Å². The molecule has 0 heteroatoms. The molecule has 0 amide bonds. The highest BCUT2D eigenvalue weighted by molar-refractivity contribution is 4.61. The van der Waals surface area contributed by atoms with E-state index in [0.29, 0.717) is 0 Å². The van der Waals surface area contributed by atoms with E-state index in [-0.39, 0.29) is 0 Å². The molecule has 0 saturated heterocycles. The molecular weight excluding hydrogens is 324 g/mol. The Morgan fingerprint density at radius 1 is 0.296 bits per heavy atom. The second-order valence-electron chi connectivity index (χ2n) is 9.24. The molecule has 0 rings (SSSR count). The zero-order valence-electron chi connectivity index (χ0n) is 19.8. The van der Waals surface area contributed by atoms with E-state index >= 15 is 0 Å². The van der Waals surface area contributed by atoms with Gasteiger partial charge in [0, 0.05) is 0 Å². The van der Waals surface area contributed by atoms with Gasteiger partial charge in [0.2, 0.25) is 0 Å². The van der Waals surface area contributed by atoms with Crippen LogP contribution in [0.25, 0.3) is 0 Å². The number of hydrogen-bond donors (Lipinski definition) is 0. The van der Waals surface area contributed by atoms with E-state index in [1.165, 1.54) is 148 Å². The Balaban J connectivity index is 3.46. The van der Waals surface area contributed by atoms with Gasteiger partial charge in [0.1, 0.15) is 0 Å². The number of hydrogen-bond acceptors (Lipinski definition) is 0. The van der Waals surface area contributed by atoms with Gasteiger partial charge in [-0.1, -0.05) is 168 Å². The molecule has 1 atom stereocenters. The van der Waals surface area contributed by atoms with Crippen molar-refractivity contribution in [1.82, 2.24) is 0 Å². The van der Waals surface area contributed by atoms with Crippen molar-refractivity contribution >= 4 is 0 Å². The fourth-order valence-corrected chi connectivity index (χ4v) is 4.43. The third-order valence-corrected chi connectivity index (χ3v) is 6.40. The molecule has 0 aliphatic carbocycles. The molecule has 0 aromatic rings. The molecule has 0 saturated carbocycles. The lowest BCUT2D eigenvalue weighted by Gasteiger charge is -2.16. The van der Waals surface area contributed by atoms with Crippen molar-refractivity contribution in [1.29, 1.82) is 0 Å². The monoisotopic (exact) mass is 380 g/mol. The molecule has 0 bridgehead atoms. The Hall–Kier alpha value is 0. The largest absolute Gasteiger partial charge is 0.0654 e. The summed E-state index contributed by atoms with van der Waals surface area (Å²) in [4.78, 5) is 0. The third kappa shape index (κ3) is 22.2. The lowest BCUT2D eigenvalue weighted by atomic mass is 9.90. The van der Waals surface area contributed by atoms with E-state index in [0.717, 1.165) is 5.92 Å². The average Bonchev–Trinajstić information content (AvgIpc) is 2.68. The molecule has 0 aliphatic heterocycles. The van der Waals surface area contributed by atoms with Crippen LogP contribution in [0.15, 0.2) is 0 Å². The Morgan fingerprint density at radius 2 is 0.519 bits per heavy atom. The summed E-state index contributed by atoms with van der Waals surface area (Å²) in [5.74, 6) is 1.04. The SMILES string of the molecule is CCCCCCCCCCCCCCCC(CCCCC)CCCCCC. The summed E-state index contributed by atoms with van der Waals surface area (Å²) in [6.07, 6.45) is 33.8. The minimum absolute atomic E-state index is 1.04. The van der Waals surface area contributed by atoms with E-state index in [9.17, 15) is 0 Å². The van der Waals surface area contributed by atoms with Gasteiger partial charge >= 0.3 is 0 Å². The van der Waals surface area contributed by atoms with Crippen LogP contribution in [0.1, 0.15) is 168 Å². The van der Waals surface area contributed by atoms with E-state index in [2.05, 4.69) is 20.8 Å². The van der Waals surface area contributed by atoms with Crippen LogP contribution in [0.4, 0.5) is 0 Å². The predicted octanol–water partition coefficient (Wildman–Crippen LogP) is 10.6. The second kappa shape index (κ2) is 24.0. The van der Waals surface area contributed by atoms with Gasteiger partial charge in [-0.05, 0) is 5.92 Å². The molecule has 0 aromatic carbocycles.